The van der Waals surface area contributed by atoms with Crippen LogP contribution in [-0.4, -0.2) is 20.6 Å². The molecular weight excluding hydrogens is 306 g/mol. The Hall–Kier alpha value is -0.880. The molecule has 0 aromatic heterocycles. The molecule has 0 aliphatic carbocycles. The van der Waals surface area contributed by atoms with Crippen LogP contribution in [0.4, 0.5) is 5.69 Å². The minimum absolute atomic E-state index is 0.409. The van der Waals surface area contributed by atoms with Crippen LogP contribution in [0.1, 0.15) is 19.4 Å². The molecule has 0 radical (unpaired) electrons. The number of amides is 1. The van der Waals surface area contributed by atoms with Crippen molar-refractivity contribution in [1.82, 2.24) is 0 Å². The Balaban J connectivity index is 2.78. The molecule has 0 fully saturated rings. The zero-order valence-corrected chi connectivity index (χ0v) is 12.1. The number of halogens is 1. The molecule has 0 atom stereocenters. The topological polar surface area (TPSA) is 54.5 Å². The van der Waals surface area contributed by atoms with Gasteiger partial charge < -0.3 is 0 Å². The zero-order chi connectivity index (χ0) is 13.0. The second-order valence-electron chi connectivity index (χ2n) is 4.62. The Morgan fingerprint density at radius 3 is 2.41 bits per heavy atom. The van der Waals surface area contributed by atoms with E-state index in [0.717, 1.165) is 20.6 Å². The fourth-order valence-corrected chi connectivity index (χ4v) is 3.40. The smallest absolute Gasteiger partial charge is 0.250 e. The van der Waals surface area contributed by atoms with E-state index in [1.807, 2.05) is 0 Å². The predicted molar refractivity (Wildman–Crippen MR) is 69.5 cm³/mol. The van der Waals surface area contributed by atoms with Crippen molar-refractivity contribution in [2.45, 2.75) is 19.3 Å². The fourth-order valence-electron chi connectivity index (χ4n) is 2.01. The summed E-state index contributed by atoms with van der Waals surface area (Å²) in [7, 11) is -3.59. The molecule has 0 saturated heterocycles. The molecule has 1 heterocycles. The lowest BCUT2D eigenvalue weighted by Crippen LogP contribution is -2.39. The van der Waals surface area contributed by atoms with Gasteiger partial charge in [-0.3, -0.25) is 4.79 Å². The molecule has 1 aromatic rings. The number of hydrogen-bond acceptors (Lipinski definition) is 3. The van der Waals surface area contributed by atoms with Gasteiger partial charge in [0.25, 0.3) is 5.91 Å². The van der Waals surface area contributed by atoms with Gasteiger partial charge in [-0.15, -0.1) is 0 Å². The number of fused-ring (bicyclic) bond motifs is 1. The number of rotatable bonds is 1. The molecule has 4 nitrogen and oxygen atoms in total. The fraction of sp³-hybridized carbons (Fsp3) is 0.364. The van der Waals surface area contributed by atoms with Crippen LogP contribution in [0.5, 0.6) is 0 Å². The zero-order valence-electron chi connectivity index (χ0n) is 9.69. The van der Waals surface area contributed by atoms with Crippen molar-refractivity contribution in [1.29, 1.82) is 0 Å². The molecule has 0 N–H and O–H groups in total. The number of carbonyl (C=O) groups is 1. The summed E-state index contributed by atoms with van der Waals surface area (Å²) in [5.41, 5.74) is 0.368. The van der Waals surface area contributed by atoms with Crippen LogP contribution in [0.15, 0.2) is 22.7 Å². The molecule has 92 valence electrons. The summed E-state index contributed by atoms with van der Waals surface area (Å²) in [5.74, 6) is -0.409. The third-order valence-electron chi connectivity index (χ3n) is 2.90. The number of nitrogens with zero attached hydrogens (tertiary/aromatic N) is 1. The maximum absolute atomic E-state index is 12.2. The molecule has 2 rings (SSSR count). The van der Waals surface area contributed by atoms with E-state index in [9.17, 15) is 13.2 Å². The van der Waals surface area contributed by atoms with Crippen molar-refractivity contribution in [3.8, 4) is 0 Å². The molecular formula is C11H12BrNO3S. The molecule has 1 aromatic carbocycles. The van der Waals surface area contributed by atoms with Gasteiger partial charge in [-0.25, -0.2) is 12.7 Å². The Bertz CT molecular complexity index is 607. The largest absolute Gasteiger partial charge is 0.272 e. The lowest BCUT2D eigenvalue weighted by atomic mass is 9.86. The summed E-state index contributed by atoms with van der Waals surface area (Å²) in [4.78, 5) is 12.2. The van der Waals surface area contributed by atoms with Crippen LogP contribution in [0, 0.1) is 0 Å². The summed E-state index contributed by atoms with van der Waals surface area (Å²) in [5, 5.41) is 0. The first-order valence-electron chi connectivity index (χ1n) is 5.00. The van der Waals surface area contributed by atoms with Gasteiger partial charge >= 0.3 is 0 Å². The number of carbonyl (C=O) groups excluding carboxylic acids is 1. The quantitative estimate of drug-likeness (QED) is 0.796. The van der Waals surface area contributed by atoms with Gasteiger partial charge in [0.15, 0.2) is 0 Å². The van der Waals surface area contributed by atoms with Crippen LogP contribution in [0.25, 0.3) is 0 Å². The van der Waals surface area contributed by atoms with Crippen molar-refractivity contribution in [3.05, 3.63) is 28.2 Å². The highest BCUT2D eigenvalue weighted by Gasteiger charge is 2.47. The lowest BCUT2D eigenvalue weighted by molar-refractivity contribution is -0.120. The summed E-state index contributed by atoms with van der Waals surface area (Å²) >= 11 is 3.28. The number of sulfonamides is 1. The molecule has 17 heavy (non-hydrogen) atoms. The van der Waals surface area contributed by atoms with Gasteiger partial charge in [0.2, 0.25) is 10.0 Å². The molecule has 0 bridgehead atoms. The average Bonchev–Trinajstić information content (AvgIpc) is 2.33. The Morgan fingerprint density at radius 1 is 1.29 bits per heavy atom. The second-order valence-corrected chi connectivity index (χ2v) is 7.37. The average molecular weight is 318 g/mol. The monoisotopic (exact) mass is 317 g/mol. The van der Waals surface area contributed by atoms with Crippen molar-refractivity contribution < 1.29 is 13.2 Å². The Kier molecular flexibility index (Phi) is 2.63. The third-order valence-corrected chi connectivity index (χ3v) is 4.42. The number of hydrogen-bond donors (Lipinski definition) is 0. The van der Waals surface area contributed by atoms with Gasteiger partial charge in [0.05, 0.1) is 17.4 Å². The van der Waals surface area contributed by atoms with Gasteiger partial charge in [-0.1, -0.05) is 22.0 Å². The van der Waals surface area contributed by atoms with Crippen LogP contribution < -0.4 is 4.31 Å². The van der Waals surface area contributed by atoms with Crippen molar-refractivity contribution in [3.63, 3.8) is 0 Å². The molecule has 0 saturated carbocycles. The summed E-state index contributed by atoms with van der Waals surface area (Å²) in [6.45, 7) is 3.46. The summed E-state index contributed by atoms with van der Waals surface area (Å²) in [6.07, 6.45) is 1.04. The van der Waals surface area contributed by atoms with Crippen molar-refractivity contribution >= 4 is 37.5 Å². The highest BCUT2D eigenvalue weighted by Crippen LogP contribution is 2.43. The standard InChI is InChI=1S/C11H12BrNO3S/c1-11(2)8-5-4-7(12)6-9(8)13(10(11)14)17(3,15)16/h4-6H,1-3H3. The lowest BCUT2D eigenvalue weighted by Gasteiger charge is -2.18. The SMILES string of the molecule is CC1(C)C(=O)N(S(C)(=O)=O)c2cc(Br)ccc21. The Labute approximate surface area is 109 Å². The Morgan fingerprint density at radius 2 is 1.88 bits per heavy atom. The number of anilines is 1. The molecule has 0 unspecified atom stereocenters. The van der Waals surface area contributed by atoms with E-state index >= 15 is 0 Å². The summed E-state index contributed by atoms with van der Waals surface area (Å²) in [6, 6.07) is 5.24. The number of benzene rings is 1. The molecule has 1 amide bonds. The van der Waals surface area contributed by atoms with E-state index < -0.39 is 21.3 Å². The van der Waals surface area contributed by atoms with Crippen molar-refractivity contribution in [2.24, 2.45) is 0 Å². The van der Waals surface area contributed by atoms with Gasteiger partial charge in [0.1, 0.15) is 0 Å². The van der Waals surface area contributed by atoms with Crippen LogP contribution in [-0.2, 0) is 20.2 Å². The first-order chi connectivity index (χ1) is 7.65. The molecule has 1 aliphatic heterocycles. The van der Waals surface area contributed by atoms with Gasteiger partial charge in [0, 0.05) is 4.47 Å². The highest BCUT2D eigenvalue weighted by atomic mass is 79.9. The molecule has 1 aliphatic rings. The first-order valence-corrected chi connectivity index (χ1v) is 7.64. The van der Waals surface area contributed by atoms with Crippen molar-refractivity contribution in [2.75, 3.05) is 10.6 Å². The van der Waals surface area contributed by atoms with E-state index in [1.54, 1.807) is 32.0 Å². The van der Waals surface area contributed by atoms with Crippen LogP contribution in [0.3, 0.4) is 0 Å². The third kappa shape index (κ3) is 1.79. The maximum Gasteiger partial charge on any atom is 0.250 e. The minimum atomic E-state index is -3.59. The van der Waals surface area contributed by atoms with Crippen LogP contribution >= 0.6 is 15.9 Å². The van der Waals surface area contributed by atoms with Crippen LogP contribution in [0.2, 0.25) is 0 Å². The minimum Gasteiger partial charge on any atom is -0.272 e. The molecule has 0 spiro atoms. The predicted octanol–water partition coefficient (Wildman–Crippen LogP) is 2.03. The van der Waals surface area contributed by atoms with Gasteiger partial charge in [-0.2, -0.15) is 0 Å². The normalized spacial score (nSPS) is 18.4. The van der Waals surface area contributed by atoms with E-state index in [2.05, 4.69) is 15.9 Å². The summed E-state index contributed by atoms with van der Waals surface area (Å²) < 4.78 is 25.0. The second kappa shape index (κ2) is 3.55. The van der Waals surface area contributed by atoms with E-state index in [0.29, 0.717) is 5.69 Å². The maximum atomic E-state index is 12.2. The van der Waals surface area contributed by atoms with E-state index in [4.69, 9.17) is 0 Å². The highest BCUT2D eigenvalue weighted by molar-refractivity contribution is 9.10. The van der Waals surface area contributed by atoms with E-state index in [-0.39, 0.29) is 0 Å². The van der Waals surface area contributed by atoms with Gasteiger partial charge in [-0.05, 0) is 31.5 Å². The van der Waals surface area contributed by atoms with E-state index in [1.165, 1.54) is 0 Å². The first kappa shape index (κ1) is 12.6. The molecule has 6 heteroatoms.